The highest BCUT2D eigenvalue weighted by molar-refractivity contribution is 5.76. The number of amides is 1. The molecule has 1 fully saturated rings. The summed E-state index contributed by atoms with van der Waals surface area (Å²) in [4.78, 5) is 22.4. The zero-order valence-corrected chi connectivity index (χ0v) is 14.4. The van der Waals surface area contributed by atoms with Crippen molar-refractivity contribution in [3.05, 3.63) is 36.3 Å². The first-order valence-electron chi connectivity index (χ1n) is 8.56. The zero-order chi connectivity index (χ0) is 17.5. The van der Waals surface area contributed by atoms with E-state index in [1.165, 1.54) is 0 Å². The van der Waals surface area contributed by atoms with Crippen LogP contribution in [0.4, 0.5) is 11.8 Å². The van der Waals surface area contributed by atoms with Gasteiger partial charge in [-0.1, -0.05) is 0 Å². The summed E-state index contributed by atoms with van der Waals surface area (Å²) in [5.41, 5.74) is 0.903. The standard InChI is InChI=1S/C17H23N7O/c1-13-3-4-15(23-22-13)21-14-6-11-24(12-7-14)16(25)5-10-20-17-18-8-2-9-19-17/h2-4,8-9,14H,5-7,10-12H2,1H3,(H,21,23)(H,18,19,20). The first-order chi connectivity index (χ1) is 12.2. The largest absolute Gasteiger partial charge is 0.366 e. The van der Waals surface area contributed by atoms with Crippen LogP contribution in [0, 0.1) is 6.92 Å². The molecule has 1 aliphatic rings. The summed E-state index contributed by atoms with van der Waals surface area (Å²) in [5, 5.41) is 14.6. The minimum Gasteiger partial charge on any atom is -0.366 e. The minimum atomic E-state index is 0.164. The Morgan fingerprint density at radius 2 is 1.96 bits per heavy atom. The molecule has 25 heavy (non-hydrogen) atoms. The van der Waals surface area contributed by atoms with Crippen molar-refractivity contribution < 1.29 is 4.79 Å². The number of aromatic nitrogens is 4. The van der Waals surface area contributed by atoms with Gasteiger partial charge in [0.05, 0.1) is 5.69 Å². The lowest BCUT2D eigenvalue weighted by Crippen LogP contribution is -2.43. The van der Waals surface area contributed by atoms with Crippen LogP contribution in [-0.4, -0.2) is 56.6 Å². The molecule has 2 aromatic heterocycles. The summed E-state index contributed by atoms with van der Waals surface area (Å²) >= 11 is 0. The Balaban J connectivity index is 1.38. The minimum absolute atomic E-state index is 0.164. The van der Waals surface area contributed by atoms with E-state index < -0.39 is 0 Å². The van der Waals surface area contributed by atoms with Gasteiger partial charge in [0.1, 0.15) is 5.82 Å². The SMILES string of the molecule is Cc1ccc(NC2CCN(C(=O)CCNc3ncccn3)CC2)nn1. The first-order valence-corrected chi connectivity index (χ1v) is 8.56. The molecule has 0 atom stereocenters. The average molecular weight is 341 g/mol. The molecular weight excluding hydrogens is 318 g/mol. The Morgan fingerprint density at radius 1 is 1.20 bits per heavy atom. The maximum absolute atomic E-state index is 12.3. The van der Waals surface area contributed by atoms with Gasteiger partial charge in [-0.05, 0) is 38.0 Å². The molecule has 8 heteroatoms. The van der Waals surface area contributed by atoms with E-state index >= 15 is 0 Å². The Bertz CT molecular complexity index is 669. The molecule has 1 saturated heterocycles. The van der Waals surface area contributed by atoms with Crippen LogP contribution in [0.15, 0.2) is 30.6 Å². The molecule has 0 unspecified atom stereocenters. The van der Waals surface area contributed by atoms with Crippen LogP contribution in [0.25, 0.3) is 0 Å². The number of piperidine rings is 1. The average Bonchev–Trinajstić information content (AvgIpc) is 2.65. The topological polar surface area (TPSA) is 95.9 Å². The number of hydrogen-bond donors (Lipinski definition) is 2. The first kappa shape index (κ1) is 17.1. The van der Waals surface area contributed by atoms with Gasteiger partial charge >= 0.3 is 0 Å². The quantitative estimate of drug-likeness (QED) is 0.821. The van der Waals surface area contributed by atoms with Crippen molar-refractivity contribution in [3.63, 3.8) is 0 Å². The normalized spacial score (nSPS) is 15.0. The van der Waals surface area contributed by atoms with Gasteiger partial charge in [-0.3, -0.25) is 4.79 Å². The van der Waals surface area contributed by atoms with Crippen LogP contribution in [0.1, 0.15) is 25.0 Å². The molecule has 0 bridgehead atoms. The van der Waals surface area contributed by atoms with Crippen molar-refractivity contribution >= 4 is 17.7 Å². The smallest absolute Gasteiger partial charge is 0.224 e. The van der Waals surface area contributed by atoms with Gasteiger partial charge in [0, 0.05) is 44.5 Å². The molecule has 8 nitrogen and oxygen atoms in total. The lowest BCUT2D eigenvalue weighted by atomic mass is 10.0. The number of hydrogen-bond acceptors (Lipinski definition) is 7. The predicted molar refractivity (Wildman–Crippen MR) is 95.1 cm³/mol. The van der Waals surface area contributed by atoms with E-state index in [1.54, 1.807) is 18.5 Å². The molecule has 0 spiro atoms. The van der Waals surface area contributed by atoms with Crippen molar-refractivity contribution in [2.45, 2.75) is 32.2 Å². The van der Waals surface area contributed by atoms with Crippen molar-refractivity contribution in [2.75, 3.05) is 30.3 Å². The molecule has 132 valence electrons. The summed E-state index contributed by atoms with van der Waals surface area (Å²) in [6.45, 7) is 3.98. The Labute approximate surface area is 147 Å². The van der Waals surface area contributed by atoms with Gasteiger partial charge in [-0.25, -0.2) is 9.97 Å². The summed E-state index contributed by atoms with van der Waals surface area (Å²) in [5.74, 6) is 1.51. The van der Waals surface area contributed by atoms with Crippen LogP contribution >= 0.6 is 0 Å². The molecule has 3 heterocycles. The number of likely N-dealkylation sites (tertiary alicyclic amines) is 1. The van der Waals surface area contributed by atoms with E-state index in [4.69, 9.17) is 0 Å². The van der Waals surface area contributed by atoms with Crippen molar-refractivity contribution in [2.24, 2.45) is 0 Å². The van der Waals surface area contributed by atoms with Crippen LogP contribution in [0.3, 0.4) is 0 Å². The third-order valence-electron chi connectivity index (χ3n) is 4.19. The van der Waals surface area contributed by atoms with Gasteiger partial charge in [0.2, 0.25) is 11.9 Å². The van der Waals surface area contributed by atoms with E-state index in [1.807, 2.05) is 24.0 Å². The third-order valence-corrected chi connectivity index (χ3v) is 4.19. The predicted octanol–water partition coefficient (Wildman–Crippen LogP) is 1.48. The number of carbonyl (C=O) groups is 1. The fourth-order valence-electron chi connectivity index (χ4n) is 2.79. The maximum atomic E-state index is 12.3. The molecular formula is C17H23N7O. The Morgan fingerprint density at radius 3 is 2.64 bits per heavy atom. The van der Waals surface area contributed by atoms with Crippen molar-refractivity contribution in [3.8, 4) is 0 Å². The number of carbonyl (C=O) groups excluding carboxylic acids is 1. The second-order valence-electron chi connectivity index (χ2n) is 6.11. The third kappa shape index (κ3) is 5.10. The highest BCUT2D eigenvalue weighted by Gasteiger charge is 2.22. The van der Waals surface area contributed by atoms with Gasteiger partial charge in [0.25, 0.3) is 0 Å². The zero-order valence-electron chi connectivity index (χ0n) is 14.4. The molecule has 0 radical (unpaired) electrons. The molecule has 1 aliphatic heterocycles. The molecule has 0 saturated carbocycles. The lowest BCUT2D eigenvalue weighted by Gasteiger charge is -2.32. The van der Waals surface area contributed by atoms with Crippen LogP contribution in [-0.2, 0) is 4.79 Å². The second-order valence-corrected chi connectivity index (χ2v) is 6.11. The molecule has 0 aromatic carbocycles. The van der Waals surface area contributed by atoms with Crippen molar-refractivity contribution in [1.29, 1.82) is 0 Å². The van der Waals surface area contributed by atoms with Gasteiger partial charge < -0.3 is 15.5 Å². The van der Waals surface area contributed by atoms with Crippen LogP contribution < -0.4 is 10.6 Å². The molecule has 2 aromatic rings. The monoisotopic (exact) mass is 341 g/mol. The summed E-state index contributed by atoms with van der Waals surface area (Å²) < 4.78 is 0. The van der Waals surface area contributed by atoms with Gasteiger partial charge in [-0.15, -0.1) is 5.10 Å². The fraction of sp³-hybridized carbons (Fsp3) is 0.471. The van der Waals surface area contributed by atoms with Crippen LogP contribution in [0.5, 0.6) is 0 Å². The number of aryl methyl sites for hydroxylation is 1. The summed E-state index contributed by atoms with van der Waals surface area (Å²) in [7, 11) is 0. The molecule has 1 amide bonds. The van der Waals surface area contributed by atoms with E-state index in [-0.39, 0.29) is 5.91 Å². The fourth-order valence-corrected chi connectivity index (χ4v) is 2.79. The van der Waals surface area contributed by atoms with Gasteiger partial charge in [0.15, 0.2) is 0 Å². The Kier molecular flexibility index (Phi) is 5.71. The van der Waals surface area contributed by atoms with Crippen molar-refractivity contribution in [1.82, 2.24) is 25.1 Å². The van der Waals surface area contributed by atoms with Gasteiger partial charge in [-0.2, -0.15) is 5.10 Å². The van der Waals surface area contributed by atoms with E-state index in [0.717, 1.165) is 37.4 Å². The lowest BCUT2D eigenvalue weighted by molar-refractivity contribution is -0.131. The highest BCUT2D eigenvalue weighted by atomic mass is 16.2. The highest BCUT2D eigenvalue weighted by Crippen LogP contribution is 2.15. The number of rotatable bonds is 6. The second kappa shape index (κ2) is 8.36. The van der Waals surface area contributed by atoms with E-state index in [2.05, 4.69) is 30.8 Å². The van der Waals surface area contributed by atoms with E-state index in [0.29, 0.717) is 25.0 Å². The summed E-state index contributed by atoms with van der Waals surface area (Å²) in [6.07, 6.45) is 5.62. The van der Waals surface area contributed by atoms with E-state index in [9.17, 15) is 4.79 Å². The number of anilines is 2. The Hall–Kier alpha value is -2.77. The summed E-state index contributed by atoms with van der Waals surface area (Å²) in [6, 6.07) is 5.97. The number of nitrogens with one attached hydrogen (secondary N) is 2. The molecule has 0 aliphatic carbocycles. The maximum Gasteiger partial charge on any atom is 0.224 e. The number of nitrogens with zero attached hydrogens (tertiary/aromatic N) is 5. The van der Waals surface area contributed by atoms with Crippen LogP contribution in [0.2, 0.25) is 0 Å². The molecule has 2 N–H and O–H groups in total. The molecule has 3 rings (SSSR count).